The number of carbonyl (C=O) groups excluding carboxylic acids is 3. The average molecular weight is 529 g/mol. The van der Waals surface area contributed by atoms with Crippen LogP contribution in [0.15, 0.2) is 0 Å². The molecule has 0 atom stereocenters. The van der Waals surface area contributed by atoms with Gasteiger partial charge in [0.15, 0.2) is 0 Å². The van der Waals surface area contributed by atoms with Crippen LogP contribution in [0.2, 0.25) is 0 Å². The predicted molar refractivity (Wildman–Crippen MR) is 116 cm³/mol. The molecule has 0 N–H and O–H groups in total. The van der Waals surface area contributed by atoms with Crippen molar-refractivity contribution in [2.75, 3.05) is 50.2 Å². The normalized spacial score (nSPS) is 16.9. The van der Waals surface area contributed by atoms with Crippen molar-refractivity contribution in [2.45, 2.75) is 38.7 Å². The number of halogens is 6. The van der Waals surface area contributed by atoms with E-state index in [9.17, 15) is 35.9 Å². The molecule has 2 rings (SSSR count). The molecule has 2 aliphatic heterocycles. The van der Waals surface area contributed by atoms with Gasteiger partial charge in [0.05, 0.1) is 0 Å². The molecular formula is C19H30F6N2O4S2. The van der Waals surface area contributed by atoms with Gasteiger partial charge in [-0.3, -0.25) is 9.59 Å². The van der Waals surface area contributed by atoms with Gasteiger partial charge < -0.3 is 14.5 Å². The zero-order chi connectivity index (χ0) is 26.0. The van der Waals surface area contributed by atoms with Crippen LogP contribution in [-0.4, -0.2) is 96.2 Å². The number of rotatable bonds is 4. The molecule has 0 spiro atoms. The quantitative estimate of drug-likeness (QED) is 0.400. The highest BCUT2D eigenvalue weighted by Crippen LogP contribution is 2.26. The molecule has 194 valence electrons. The van der Waals surface area contributed by atoms with E-state index in [0.29, 0.717) is 5.92 Å². The lowest BCUT2D eigenvalue weighted by molar-refractivity contribution is -0.191. The minimum Gasteiger partial charge on any atom is -0.444 e. The smallest absolute Gasteiger partial charge is 0.444 e. The highest BCUT2D eigenvalue weighted by Gasteiger charge is 2.46. The van der Waals surface area contributed by atoms with E-state index in [1.54, 1.807) is 16.7 Å². The summed E-state index contributed by atoms with van der Waals surface area (Å²) >= 11 is 3.42. The summed E-state index contributed by atoms with van der Waals surface area (Å²) in [7, 11) is 0. The molecule has 33 heavy (non-hydrogen) atoms. The summed E-state index contributed by atoms with van der Waals surface area (Å²) in [5.74, 6) is 1.16. The van der Waals surface area contributed by atoms with Crippen LogP contribution in [0, 0.1) is 11.8 Å². The number of hydrogen-bond donors (Lipinski definition) is 0. The van der Waals surface area contributed by atoms with E-state index in [1.165, 1.54) is 0 Å². The SMILES string of the molecule is CSCC1CN(C(=O)C(F)(F)F)C1.CSCC1CN(C(=O)OC(C)(C)C)C1.O=CC(F)(F)F. The molecule has 0 aliphatic carbocycles. The van der Waals surface area contributed by atoms with Crippen LogP contribution in [0.3, 0.4) is 0 Å². The minimum atomic E-state index is -4.70. The number of nitrogens with zero attached hydrogens (tertiary/aromatic N) is 2. The molecule has 2 amide bonds. The van der Waals surface area contributed by atoms with E-state index < -0.39 is 24.5 Å². The third-order valence-corrected chi connectivity index (χ3v) is 5.64. The summed E-state index contributed by atoms with van der Waals surface area (Å²) in [6.45, 7) is 7.89. The maximum absolute atomic E-state index is 11.8. The van der Waals surface area contributed by atoms with Gasteiger partial charge in [0.2, 0.25) is 6.29 Å². The van der Waals surface area contributed by atoms with Crippen LogP contribution in [0.1, 0.15) is 20.8 Å². The summed E-state index contributed by atoms with van der Waals surface area (Å²) in [5.41, 5.74) is -0.373. The molecule has 6 nitrogen and oxygen atoms in total. The number of likely N-dealkylation sites (tertiary alicyclic amines) is 2. The van der Waals surface area contributed by atoms with Crippen molar-refractivity contribution in [3.05, 3.63) is 0 Å². The van der Waals surface area contributed by atoms with Crippen LogP contribution in [0.5, 0.6) is 0 Å². The third kappa shape index (κ3) is 13.9. The largest absolute Gasteiger partial charge is 0.471 e. The van der Waals surface area contributed by atoms with Gasteiger partial charge in [-0.1, -0.05) is 0 Å². The van der Waals surface area contributed by atoms with Gasteiger partial charge in [-0.05, 0) is 44.8 Å². The number of alkyl halides is 6. The Morgan fingerprint density at radius 1 is 0.879 bits per heavy atom. The summed E-state index contributed by atoms with van der Waals surface area (Å²) in [6, 6.07) is 0. The van der Waals surface area contributed by atoms with E-state index in [4.69, 9.17) is 9.53 Å². The van der Waals surface area contributed by atoms with Crippen LogP contribution in [-0.2, 0) is 14.3 Å². The number of ether oxygens (including phenoxy) is 1. The molecule has 0 aromatic carbocycles. The first-order valence-electron chi connectivity index (χ1n) is 9.78. The van der Waals surface area contributed by atoms with Crippen LogP contribution < -0.4 is 0 Å². The maximum Gasteiger partial charge on any atom is 0.471 e. The second-order valence-corrected chi connectivity index (χ2v) is 10.2. The first kappa shape index (κ1) is 31.7. The van der Waals surface area contributed by atoms with Crippen molar-refractivity contribution in [3.63, 3.8) is 0 Å². The first-order chi connectivity index (χ1) is 14.9. The summed E-state index contributed by atoms with van der Waals surface area (Å²) in [5, 5.41) is 0. The lowest BCUT2D eigenvalue weighted by Crippen LogP contribution is -2.55. The fraction of sp³-hybridized carbons (Fsp3) is 0.842. The fourth-order valence-electron chi connectivity index (χ4n) is 2.64. The second kappa shape index (κ2) is 13.5. The van der Waals surface area contributed by atoms with E-state index in [0.717, 1.165) is 29.5 Å². The maximum atomic E-state index is 11.8. The van der Waals surface area contributed by atoms with Gasteiger partial charge in [-0.2, -0.15) is 49.9 Å². The van der Waals surface area contributed by atoms with Crippen LogP contribution in [0.4, 0.5) is 31.1 Å². The number of carbonyl (C=O) groups is 3. The van der Waals surface area contributed by atoms with E-state index >= 15 is 0 Å². The van der Waals surface area contributed by atoms with Crippen LogP contribution >= 0.6 is 23.5 Å². The minimum absolute atomic E-state index is 0.171. The molecular weight excluding hydrogens is 498 g/mol. The molecule has 0 saturated carbocycles. The Hall–Kier alpha value is -1.31. The van der Waals surface area contributed by atoms with Crippen molar-refractivity contribution in [3.8, 4) is 0 Å². The zero-order valence-electron chi connectivity index (χ0n) is 19.1. The monoisotopic (exact) mass is 528 g/mol. The van der Waals surface area contributed by atoms with Crippen molar-refractivity contribution in [1.29, 1.82) is 0 Å². The lowest BCUT2D eigenvalue weighted by atomic mass is 10.0. The van der Waals surface area contributed by atoms with Crippen LogP contribution in [0.25, 0.3) is 0 Å². The molecule has 2 fully saturated rings. The summed E-state index contributed by atoms with van der Waals surface area (Å²) in [4.78, 5) is 33.4. The Bertz CT molecular complexity index is 629. The molecule has 2 aliphatic rings. The molecule has 2 saturated heterocycles. The molecule has 0 aromatic heterocycles. The average Bonchev–Trinajstić information content (AvgIpc) is 2.58. The Kier molecular flexibility index (Phi) is 13.0. The van der Waals surface area contributed by atoms with Gasteiger partial charge >= 0.3 is 24.4 Å². The van der Waals surface area contributed by atoms with Crippen molar-refractivity contribution in [1.82, 2.24) is 9.80 Å². The Morgan fingerprint density at radius 3 is 1.52 bits per heavy atom. The fourth-order valence-corrected chi connectivity index (χ4v) is 4.01. The first-order valence-corrected chi connectivity index (χ1v) is 12.6. The summed E-state index contributed by atoms with van der Waals surface area (Å²) < 4.78 is 72.0. The topological polar surface area (TPSA) is 66.9 Å². The van der Waals surface area contributed by atoms with Gasteiger partial charge in [0.1, 0.15) is 5.60 Å². The molecule has 14 heteroatoms. The number of hydrogen-bond acceptors (Lipinski definition) is 6. The second-order valence-electron chi connectivity index (χ2n) is 8.40. The van der Waals surface area contributed by atoms with Crippen molar-refractivity contribution >= 4 is 41.8 Å². The zero-order valence-corrected chi connectivity index (χ0v) is 20.7. The number of aldehydes is 1. The molecule has 2 heterocycles. The molecule has 0 unspecified atom stereocenters. The highest BCUT2D eigenvalue weighted by atomic mass is 32.2. The standard InChI is InChI=1S/C10H19NO2S.C7H10F3NOS.C2HF3O/c1-10(2,3)13-9(12)11-5-8(6-11)7-14-4;1-13-4-5-2-11(3-5)6(12)7(8,9)10;3-2(4,5)1-6/h8H,5-7H2,1-4H3;5H,2-4H2,1H3;1H. The Balaban J connectivity index is 0.000000503. The predicted octanol–water partition coefficient (Wildman–Crippen LogP) is 4.33. The number of thioether (sulfide) groups is 2. The Labute approximate surface area is 198 Å². The van der Waals surface area contributed by atoms with Gasteiger partial charge in [0.25, 0.3) is 0 Å². The highest BCUT2D eigenvalue weighted by molar-refractivity contribution is 7.98. The van der Waals surface area contributed by atoms with Crippen molar-refractivity contribution in [2.24, 2.45) is 11.8 Å². The molecule has 0 bridgehead atoms. The van der Waals surface area contributed by atoms with E-state index in [1.807, 2.05) is 38.8 Å². The van der Waals surface area contributed by atoms with Gasteiger partial charge in [-0.15, -0.1) is 0 Å². The van der Waals surface area contributed by atoms with E-state index in [-0.39, 0.29) is 30.7 Å². The third-order valence-electron chi connectivity index (χ3n) is 4.03. The Morgan fingerprint density at radius 2 is 1.24 bits per heavy atom. The van der Waals surface area contributed by atoms with Gasteiger partial charge in [0, 0.05) is 38.0 Å². The lowest BCUT2D eigenvalue weighted by Gasteiger charge is -2.39. The summed E-state index contributed by atoms with van der Waals surface area (Å²) in [6.07, 6.45) is -6.59. The number of amides is 2. The van der Waals surface area contributed by atoms with Gasteiger partial charge in [-0.25, -0.2) is 4.79 Å². The van der Waals surface area contributed by atoms with E-state index in [2.05, 4.69) is 6.26 Å². The molecule has 0 aromatic rings. The molecule has 0 radical (unpaired) electrons. The van der Waals surface area contributed by atoms with Crippen molar-refractivity contribution < 1.29 is 45.5 Å².